The number of rotatable bonds is 3. The van der Waals surface area contributed by atoms with Crippen LogP contribution in [0.15, 0.2) is 30.3 Å². The SMILES string of the molecule is Cc1ccc(C)c(Oc2cc(F)cc([N+](=O)[O-])c2)c1C. The van der Waals surface area contributed by atoms with E-state index in [4.69, 9.17) is 4.74 Å². The van der Waals surface area contributed by atoms with Gasteiger partial charge < -0.3 is 4.74 Å². The molecule has 0 aromatic heterocycles. The van der Waals surface area contributed by atoms with E-state index >= 15 is 0 Å². The van der Waals surface area contributed by atoms with Crippen LogP contribution >= 0.6 is 0 Å². The summed E-state index contributed by atoms with van der Waals surface area (Å²) >= 11 is 0. The molecule has 2 aromatic carbocycles. The summed E-state index contributed by atoms with van der Waals surface area (Å²) in [5.41, 5.74) is 2.52. The average Bonchev–Trinajstić information content (AvgIpc) is 2.38. The fourth-order valence-corrected chi connectivity index (χ4v) is 1.91. The molecule has 0 aliphatic rings. The molecule has 0 spiro atoms. The van der Waals surface area contributed by atoms with E-state index in [2.05, 4.69) is 0 Å². The molecule has 0 radical (unpaired) electrons. The highest BCUT2D eigenvalue weighted by Gasteiger charge is 2.13. The molecule has 4 nitrogen and oxygen atoms in total. The van der Waals surface area contributed by atoms with Crippen LogP contribution in [0, 0.1) is 36.7 Å². The van der Waals surface area contributed by atoms with E-state index < -0.39 is 10.7 Å². The Bertz CT molecular complexity index is 683. The van der Waals surface area contributed by atoms with Crippen molar-refractivity contribution in [3.8, 4) is 11.5 Å². The molecule has 104 valence electrons. The van der Waals surface area contributed by atoms with Gasteiger partial charge in [-0.1, -0.05) is 12.1 Å². The fourth-order valence-electron chi connectivity index (χ4n) is 1.91. The zero-order chi connectivity index (χ0) is 14.9. The van der Waals surface area contributed by atoms with Crippen LogP contribution in [0.1, 0.15) is 16.7 Å². The number of hydrogen-bond donors (Lipinski definition) is 0. The number of nitro groups is 1. The van der Waals surface area contributed by atoms with Gasteiger partial charge in [0, 0.05) is 6.07 Å². The number of non-ortho nitro benzene ring substituents is 1. The Morgan fingerprint density at radius 3 is 2.40 bits per heavy atom. The topological polar surface area (TPSA) is 52.4 Å². The van der Waals surface area contributed by atoms with Crippen LogP contribution in [0.5, 0.6) is 11.5 Å². The van der Waals surface area contributed by atoms with Gasteiger partial charge in [-0.15, -0.1) is 0 Å². The Morgan fingerprint density at radius 1 is 1.10 bits per heavy atom. The number of aryl methyl sites for hydroxylation is 2. The molecule has 0 saturated heterocycles. The van der Waals surface area contributed by atoms with Gasteiger partial charge in [0.1, 0.15) is 17.3 Å². The number of nitrogens with zero attached hydrogens (tertiary/aromatic N) is 1. The fraction of sp³-hybridized carbons (Fsp3) is 0.200. The molecule has 0 N–H and O–H groups in total. The molecule has 2 aromatic rings. The predicted octanol–water partition coefficient (Wildman–Crippen LogP) is 4.45. The van der Waals surface area contributed by atoms with Crippen molar-refractivity contribution in [3.63, 3.8) is 0 Å². The molecule has 2 rings (SSSR count). The first-order chi connectivity index (χ1) is 9.38. The summed E-state index contributed by atoms with van der Waals surface area (Å²) in [6.45, 7) is 5.70. The van der Waals surface area contributed by atoms with Crippen molar-refractivity contribution in [1.29, 1.82) is 0 Å². The maximum atomic E-state index is 13.4. The quantitative estimate of drug-likeness (QED) is 0.614. The molecule has 20 heavy (non-hydrogen) atoms. The van der Waals surface area contributed by atoms with Crippen LogP contribution < -0.4 is 4.74 Å². The highest BCUT2D eigenvalue weighted by Crippen LogP contribution is 2.32. The highest BCUT2D eigenvalue weighted by molar-refractivity contribution is 5.48. The molecule has 0 saturated carbocycles. The van der Waals surface area contributed by atoms with Crippen molar-refractivity contribution in [1.82, 2.24) is 0 Å². The van der Waals surface area contributed by atoms with Crippen LogP contribution in [0.4, 0.5) is 10.1 Å². The third-order valence-electron chi connectivity index (χ3n) is 3.16. The average molecular weight is 275 g/mol. The van der Waals surface area contributed by atoms with E-state index in [1.54, 1.807) is 0 Å². The second-order valence-electron chi connectivity index (χ2n) is 4.66. The zero-order valence-electron chi connectivity index (χ0n) is 11.4. The van der Waals surface area contributed by atoms with Crippen LogP contribution in [-0.4, -0.2) is 4.92 Å². The molecule has 0 heterocycles. The molecule has 0 bridgehead atoms. The van der Waals surface area contributed by atoms with Crippen LogP contribution in [-0.2, 0) is 0 Å². The Morgan fingerprint density at radius 2 is 1.75 bits per heavy atom. The van der Waals surface area contributed by atoms with E-state index in [-0.39, 0.29) is 11.4 Å². The van der Waals surface area contributed by atoms with Crippen LogP contribution in [0.2, 0.25) is 0 Å². The molecule has 0 aliphatic heterocycles. The van der Waals surface area contributed by atoms with E-state index in [1.807, 2.05) is 32.9 Å². The first-order valence-corrected chi connectivity index (χ1v) is 6.08. The lowest BCUT2D eigenvalue weighted by molar-refractivity contribution is -0.385. The monoisotopic (exact) mass is 275 g/mol. The van der Waals surface area contributed by atoms with Crippen molar-refractivity contribution in [2.45, 2.75) is 20.8 Å². The maximum Gasteiger partial charge on any atom is 0.276 e. The molecule has 5 heteroatoms. The molecule has 0 atom stereocenters. The van der Waals surface area contributed by atoms with E-state index in [9.17, 15) is 14.5 Å². The van der Waals surface area contributed by atoms with E-state index in [0.717, 1.165) is 28.8 Å². The summed E-state index contributed by atoms with van der Waals surface area (Å²) in [5, 5.41) is 10.7. The summed E-state index contributed by atoms with van der Waals surface area (Å²) in [7, 11) is 0. The lowest BCUT2D eigenvalue weighted by atomic mass is 10.1. The summed E-state index contributed by atoms with van der Waals surface area (Å²) in [6.07, 6.45) is 0. The Balaban J connectivity index is 2.45. The van der Waals surface area contributed by atoms with Gasteiger partial charge in [0.2, 0.25) is 0 Å². The largest absolute Gasteiger partial charge is 0.456 e. The van der Waals surface area contributed by atoms with E-state index in [1.165, 1.54) is 6.07 Å². The van der Waals surface area contributed by atoms with Crippen molar-refractivity contribution in [2.24, 2.45) is 0 Å². The van der Waals surface area contributed by atoms with Gasteiger partial charge in [0.25, 0.3) is 5.69 Å². The van der Waals surface area contributed by atoms with Crippen LogP contribution in [0.25, 0.3) is 0 Å². The van der Waals surface area contributed by atoms with Crippen LogP contribution in [0.3, 0.4) is 0 Å². The van der Waals surface area contributed by atoms with Gasteiger partial charge in [0.15, 0.2) is 0 Å². The van der Waals surface area contributed by atoms with Gasteiger partial charge in [-0.25, -0.2) is 4.39 Å². The first-order valence-electron chi connectivity index (χ1n) is 6.08. The zero-order valence-corrected chi connectivity index (χ0v) is 11.4. The molecule has 0 amide bonds. The number of nitro benzene ring substituents is 1. The Hall–Kier alpha value is -2.43. The van der Waals surface area contributed by atoms with Gasteiger partial charge in [-0.3, -0.25) is 10.1 Å². The van der Waals surface area contributed by atoms with Gasteiger partial charge in [0.05, 0.1) is 17.1 Å². The minimum atomic E-state index is -0.697. The maximum absolute atomic E-state index is 13.4. The summed E-state index contributed by atoms with van der Waals surface area (Å²) in [6, 6.07) is 7.07. The minimum absolute atomic E-state index is 0.119. The van der Waals surface area contributed by atoms with Gasteiger partial charge in [-0.2, -0.15) is 0 Å². The second-order valence-corrected chi connectivity index (χ2v) is 4.66. The smallest absolute Gasteiger partial charge is 0.276 e. The third-order valence-corrected chi connectivity index (χ3v) is 3.16. The molecule has 0 fully saturated rings. The van der Waals surface area contributed by atoms with E-state index in [0.29, 0.717) is 5.75 Å². The molecular formula is C15H14FNO3. The minimum Gasteiger partial charge on any atom is -0.456 e. The van der Waals surface area contributed by atoms with Crippen molar-refractivity contribution in [2.75, 3.05) is 0 Å². The highest BCUT2D eigenvalue weighted by atomic mass is 19.1. The van der Waals surface area contributed by atoms with Gasteiger partial charge in [-0.05, 0) is 37.5 Å². The van der Waals surface area contributed by atoms with Crippen molar-refractivity contribution >= 4 is 5.69 Å². The summed E-state index contributed by atoms with van der Waals surface area (Å²) in [5.74, 6) is 0.0237. The standard InChI is InChI=1S/C15H14FNO3/c1-9-4-5-10(2)15(11(9)3)20-14-7-12(16)6-13(8-14)17(18)19/h4-8H,1-3H3. The number of halogens is 1. The number of ether oxygens (including phenoxy) is 1. The predicted molar refractivity (Wildman–Crippen MR) is 73.8 cm³/mol. The van der Waals surface area contributed by atoms with Gasteiger partial charge >= 0.3 is 0 Å². The summed E-state index contributed by atoms with van der Waals surface area (Å²) < 4.78 is 19.0. The molecule has 0 aliphatic carbocycles. The second kappa shape index (κ2) is 5.28. The normalized spacial score (nSPS) is 10.4. The lowest BCUT2D eigenvalue weighted by Crippen LogP contribution is -1.95. The van der Waals surface area contributed by atoms with Crippen molar-refractivity contribution in [3.05, 3.63) is 63.0 Å². The van der Waals surface area contributed by atoms with Crippen molar-refractivity contribution < 1.29 is 14.1 Å². The lowest BCUT2D eigenvalue weighted by Gasteiger charge is -2.13. The first kappa shape index (κ1) is 14.0. The number of hydrogen-bond acceptors (Lipinski definition) is 3. The Kier molecular flexibility index (Phi) is 3.70. The number of benzene rings is 2. The summed E-state index contributed by atoms with van der Waals surface area (Å²) in [4.78, 5) is 10.1. The molecular weight excluding hydrogens is 261 g/mol. The third kappa shape index (κ3) is 2.77. The Labute approximate surface area is 116 Å². The molecule has 0 unspecified atom stereocenters.